The van der Waals surface area contributed by atoms with Gasteiger partial charge in [0.2, 0.25) is 0 Å². The fourth-order valence-electron chi connectivity index (χ4n) is 2.49. The molecule has 0 spiro atoms. The summed E-state index contributed by atoms with van der Waals surface area (Å²) < 4.78 is 0. The van der Waals surface area contributed by atoms with Crippen molar-refractivity contribution < 1.29 is 0 Å². The van der Waals surface area contributed by atoms with Gasteiger partial charge in [-0.15, -0.1) is 11.8 Å². The molecule has 1 aliphatic rings. The lowest BCUT2D eigenvalue weighted by molar-refractivity contribution is 0.515. The van der Waals surface area contributed by atoms with Crippen molar-refractivity contribution in [3.63, 3.8) is 0 Å². The van der Waals surface area contributed by atoms with Gasteiger partial charge in [0.05, 0.1) is 5.03 Å². The van der Waals surface area contributed by atoms with Gasteiger partial charge in [0, 0.05) is 17.5 Å². The molecule has 2 rings (SSSR count). The Morgan fingerprint density at radius 2 is 2.11 bits per heavy atom. The molecular weight excluding hydrogens is 240 g/mol. The summed E-state index contributed by atoms with van der Waals surface area (Å²) in [5.41, 5.74) is 8.50. The summed E-state index contributed by atoms with van der Waals surface area (Å²) in [7, 11) is 0. The zero-order chi connectivity index (χ0) is 13.0. The van der Waals surface area contributed by atoms with E-state index in [2.05, 4.69) is 24.9 Å². The summed E-state index contributed by atoms with van der Waals surface area (Å²) in [6.07, 6.45) is 9.81. The van der Waals surface area contributed by atoms with E-state index in [0.717, 1.165) is 11.7 Å². The molecule has 0 unspecified atom stereocenters. The Hall–Kier alpha value is -0.540. The van der Waals surface area contributed by atoms with Crippen LogP contribution >= 0.6 is 11.8 Å². The normalized spacial score (nSPS) is 18.8. The lowest BCUT2D eigenvalue weighted by Crippen LogP contribution is -2.11. The van der Waals surface area contributed by atoms with Gasteiger partial charge in [-0.1, -0.05) is 32.3 Å². The van der Waals surface area contributed by atoms with Gasteiger partial charge in [-0.25, -0.2) is 4.98 Å². The summed E-state index contributed by atoms with van der Waals surface area (Å²) in [6, 6.07) is 2.34. The number of nitrogens with two attached hydrogens (primary N) is 1. The highest BCUT2D eigenvalue weighted by Gasteiger charge is 2.16. The van der Waals surface area contributed by atoms with Crippen LogP contribution in [-0.4, -0.2) is 10.2 Å². The Bertz CT molecular complexity index is 386. The SMILES string of the molecule is CC[C@H](N)c1cnc(SC2CCCCC2)c(C)c1. The maximum atomic E-state index is 6.05. The number of nitrogens with zero attached hydrogens (tertiary/aromatic N) is 1. The van der Waals surface area contributed by atoms with E-state index >= 15 is 0 Å². The van der Waals surface area contributed by atoms with Crippen molar-refractivity contribution in [2.24, 2.45) is 5.73 Å². The average Bonchev–Trinajstić information content (AvgIpc) is 2.41. The molecule has 1 aliphatic carbocycles. The molecular formula is C15H24N2S. The van der Waals surface area contributed by atoms with E-state index in [-0.39, 0.29) is 6.04 Å². The molecule has 1 aromatic heterocycles. The van der Waals surface area contributed by atoms with Crippen LogP contribution in [0.4, 0.5) is 0 Å². The van der Waals surface area contributed by atoms with Gasteiger partial charge < -0.3 is 5.73 Å². The van der Waals surface area contributed by atoms with Gasteiger partial charge >= 0.3 is 0 Å². The summed E-state index contributed by atoms with van der Waals surface area (Å²) >= 11 is 1.97. The third-order valence-electron chi connectivity index (χ3n) is 3.75. The van der Waals surface area contributed by atoms with Crippen molar-refractivity contribution in [2.45, 2.75) is 68.7 Å². The van der Waals surface area contributed by atoms with Crippen molar-refractivity contribution in [2.75, 3.05) is 0 Å². The fourth-order valence-corrected chi connectivity index (χ4v) is 3.73. The van der Waals surface area contributed by atoms with E-state index in [1.54, 1.807) is 0 Å². The molecule has 1 aromatic rings. The first-order valence-corrected chi connectivity index (χ1v) is 7.97. The highest BCUT2D eigenvalue weighted by Crippen LogP contribution is 2.34. The Labute approximate surface area is 115 Å². The summed E-state index contributed by atoms with van der Waals surface area (Å²) in [5.74, 6) is 0. The van der Waals surface area contributed by atoms with Gasteiger partial charge in [-0.3, -0.25) is 0 Å². The van der Waals surface area contributed by atoms with Crippen molar-refractivity contribution in [1.29, 1.82) is 0 Å². The van der Waals surface area contributed by atoms with Gasteiger partial charge in [0.25, 0.3) is 0 Å². The van der Waals surface area contributed by atoms with E-state index in [0.29, 0.717) is 0 Å². The molecule has 0 aliphatic heterocycles. The third kappa shape index (κ3) is 3.48. The van der Waals surface area contributed by atoms with E-state index < -0.39 is 0 Å². The molecule has 0 bridgehead atoms. The second kappa shape index (κ2) is 6.58. The van der Waals surface area contributed by atoms with E-state index in [4.69, 9.17) is 5.73 Å². The Morgan fingerprint density at radius 3 is 2.72 bits per heavy atom. The van der Waals surface area contributed by atoms with Crippen LogP contribution in [0.3, 0.4) is 0 Å². The number of hydrogen-bond donors (Lipinski definition) is 1. The molecule has 0 amide bonds. The minimum Gasteiger partial charge on any atom is -0.324 e. The lowest BCUT2D eigenvalue weighted by atomic mass is 10.0. The maximum Gasteiger partial charge on any atom is 0.0991 e. The highest BCUT2D eigenvalue weighted by atomic mass is 32.2. The lowest BCUT2D eigenvalue weighted by Gasteiger charge is -2.21. The molecule has 1 heterocycles. The smallest absolute Gasteiger partial charge is 0.0991 e. The van der Waals surface area contributed by atoms with Crippen LogP contribution in [0.2, 0.25) is 0 Å². The van der Waals surface area contributed by atoms with Crippen LogP contribution in [0.25, 0.3) is 0 Å². The molecule has 1 atom stereocenters. The van der Waals surface area contributed by atoms with Crippen LogP contribution in [0.1, 0.15) is 62.6 Å². The molecule has 2 nitrogen and oxygen atoms in total. The molecule has 0 saturated heterocycles. The minimum atomic E-state index is 0.130. The van der Waals surface area contributed by atoms with E-state index in [9.17, 15) is 0 Å². The highest BCUT2D eigenvalue weighted by molar-refractivity contribution is 7.99. The molecule has 0 aromatic carbocycles. The maximum absolute atomic E-state index is 6.05. The molecule has 1 fully saturated rings. The monoisotopic (exact) mass is 264 g/mol. The predicted molar refractivity (Wildman–Crippen MR) is 78.9 cm³/mol. The third-order valence-corrected chi connectivity index (χ3v) is 5.21. The summed E-state index contributed by atoms with van der Waals surface area (Å²) in [5, 5.41) is 1.98. The number of pyridine rings is 1. The Morgan fingerprint density at radius 1 is 1.39 bits per heavy atom. The van der Waals surface area contributed by atoms with Gasteiger partial charge in [-0.2, -0.15) is 0 Å². The number of aryl methyl sites for hydroxylation is 1. The van der Waals surface area contributed by atoms with Crippen molar-refractivity contribution in [3.8, 4) is 0 Å². The molecule has 3 heteroatoms. The minimum absolute atomic E-state index is 0.130. The predicted octanol–water partition coefficient (Wildman–Crippen LogP) is 4.22. The topological polar surface area (TPSA) is 38.9 Å². The second-order valence-corrected chi connectivity index (χ2v) is 6.57. The zero-order valence-corrected chi connectivity index (χ0v) is 12.3. The molecule has 18 heavy (non-hydrogen) atoms. The zero-order valence-electron chi connectivity index (χ0n) is 11.5. The molecule has 100 valence electrons. The standard InChI is InChI=1S/C15H24N2S/c1-3-14(16)12-9-11(2)15(17-10-12)18-13-7-5-4-6-8-13/h9-10,13-14H,3-8,16H2,1-2H3/t14-/m0/s1. The Balaban J connectivity index is 2.04. The number of rotatable bonds is 4. The summed E-state index contributed by atoms with van der Waals surface area (Å²) in [6.45, 7) is 4.27. The molecule has 1 saturated carbocycles. The van der Waals surface area contributed by atoms with Gasteiger partial charge in [-0.05, 0) is 37.3 Å². The molecule has 0 radical (unpaired) electrons. The number of hydrogen-bond acceptors (Lipinski definition) is 3. The van der Waals surface area contributed by atoms with Crippen LogP contribution in [0.5, 0.6) is 0 Å². The first-order chi connectivity index (χ1) is 8.70. The van der Waals surface area contributed by atoms with Crippen LogP contribution < -0.4 is 5.73 Å². The van der Waals surface area contributed by atoms with Crippen molar-refractivity contribution in [1.82, 2.24) is 4.98 Å². The number of thioether (sulfide) groups is 1. The van der Waals surface area contributed by atoms with Gasteiger partial charge in [0.1, 0.15) is 0 Å². The summed E-state index contributed by atoms with van der Waals surface area (Å²) in [4.78, 5) is 4.62. The quantitative estimate of drug-likeness (QED) is 0.884. The first kappa shape index (κ1) is 13.9. The van der Waals surface area contributed by atoms with Crippen LogP contribution in [0, 0.1) is 6.92 Å². The fraction of sp³-hybridized carbons (Fsp3) is 0.667. The van der Waals surface area contributed by atoms with Gasteiger partial charge in [0.15, 0.2) is 0 Å². The van der Waals surface area contributed by atoms with Crippen LogP contribution in [-0.2, 0) is 0 Å². The van der Waals surface area contributed by atoms with Crippen molar-refractivity contribution >= 4 is 11.8 Å². The van der Waals surface area contributed by atoms with E-state index in [1.165, 1.54) is 48.3 Å². The second-order valence-electron chi connectivity index (χ2n) is 5.28. The number of aromatic nitrogens is 1. The first-order valence-electron chi connectivity index (χ1n) is 7.09. The Kier molecular flexibility index (Phi) is 5.07. The van der Waals surface area contributed by atoms with Crippen LogP contribution in [0.15, 0.2) is 17.3 Å². The molecule has 2 N–H and O–H groups in total. The largest absolute Gasteiger partial charge is 0.324 e. The average molecular weight is 264 g/mol. The van der Waals surface area contributed by atoms with E-state index in [1.807, 2.05) is 18.0 Å². The van der Waals surface area contributed by atoms with Crippen molar-refractivity contribution in [3.05, 3.63) is 23.4 Å².